The maximum atomic E-state index is 12.5. The van der Waals surface area contributed by atoms with Crippen molar-refractivity contribution in [3.63, 3.8) is 0 Å². The summed E-state index contributed by atoms with van der Waals surface area (Å²) >= 11 is 0. The minimum atomic E-state index is -0.102. The van der Waals surface area contributed by atoms with Crippen LogP contribution in [0.15, 0.2) is 48.5 Å². The first-order valence-electron chi connectivity index (χ1n) is 7.32. The van der Waals surface area contributed by atoms with Crippen molar-refractivity contribution >= 4 is 27.7 Å². The van der Waals surface area contributed by atoms with Gasteiger partial charge in [0.2, 0.25) is 0 Å². The van der Waals surface area contributed by atoms with Gasteiger partial charge in [-0.3, -0.25) is 9.69 Å². The van der Waals surface area contributed by atoms with Crippen molar-refractivity contribution in [3.8, 4) is 0 Å². The van der Waals surface area contributed by atoms with Gasteiger partial charge in [-0.2, -0.15) is 0 Å². The Labute approximate surface area is 129 Å². The molecule has 0 saturated heterocycles. The average Bonchev–Trinajstić information content (AvgIpc) is 2.52. The first-order chi connectivity index (χ1) is 10.6. The number of pyridine rings is 1. The number of hydrogen-bond donors (Lipinski definition) is 1. The summed E-state index contributed by atoms with van der Waals surface area (Å²) in [5.74, 6) is -0.102. The van der Waals surface area contributed by atoms with Gasteiger partial charge in [-0.05, 0) is 39.2 Å². The van der Waals surface area contributed by atoms with Gasteiger partial charge >= 0.3 is 0 Å². The fourth-order valence-corrected chi connectivity index (χ4v) is 2.38. The largest absolute Gasteiger partial charge is 0.337 e. The van der Waals surface area contributed by atoms with Crippen LogP contribution in [0.2, 0.25) is 0 Å². The molecule has 0 aliphatic carbocycles. The number of amides is 1. The van der Waals surface area contributed by atoms with Crippen LogP contribution >= 0.6 is 0 Å². The van der Waals surface area contributed by atoms with Crippen LogP contribution in [-0.4, -0.2) is 36.1 Å². The van der Waals surface area contributed by atoms with Crippen molar-refractivity contribution in [1.29, 1.82) is 0 Å². The molecular weight excluding hydrogens is 274 g/mol. The zero-order valence-electron chi connectivity index (χ0n) is 13.0. The van der Waals surface area contributed by atoms with Crippen LogP contribution in [0.5, 0.6) is 0 Å². The Balaban J connectivity index is 2.09. The first kappa shape index (κ1) is 14.5. The van der Waals surface area contributed by atoms with Gasteiger partial charge in [-0.1, -0.05) is 30.3 Å². The van der Waals surface area contributed by atoms with E-state index in [-0.39, 0.29) is 12.1 Å². The normalized spacial score (nSPS) is 12.7. The average molecular weight is 293 g/mol. The van der Waals surface area contributed by atoms with Crippen molar-refractivity contribution < 1.29 is 4.79 Å². The molecule has 0 aliphatic rings. The molecule has 1 N–H and O–H groups in total. The quantitative estimate of drug-likeness (QED) is 0.596. The number of carbonyl (C=O) groups is 1. The van der Waals surface area contributed by atoms with Crippen LogP contribution in [0, 0.1) is 0 Å². The van der Waals surface area contributed by atoms with Crippen LogP contribution in [-0.2, 0) is 0 Å². The lowest BCUT2D eigenvalue weighted by atomic mass is 10.1. The smallest absolute Gasteiger partial charge is 0.254 e. The van der Waals surface area contributed by atoms with E-state index >= 15 is 0 Å². The van der Waals surface area contributed by atoms with Crippen molar-refractivity contribution in [1.82, 2.24) is 15.2 Å². The summed E-state index contributed by atoms with van der Waals surface area (Å²) in [5.41, 5.74) is 2.25. The Bertz CT molecular complexity index is 842. The number of rotatable bonds is 3. The van der Waals surface area contributed by atoms with E-state index in [2.05, 4.69) is 16.4 Å². The first-order valence-corrected chi connectivity index (χ1v) is 7.32. The zero-order valence-corrected chi connectivity index (χ0v) is 13.0. The van der Waals surface area contributed by atoms with Crippen molar-refractivity contribution in [3.05, 3.63) is 54.1 Å². The molecule has 1 unspecified atom stereocenters. The van der Waals surface area contributed by atoms with Crippen LogP contribution in [0.25, 0.3) is 21.8 Å². The molecule has 4 heteroatoms. The van der Waals surface area contributed by atoms with E-state index in [1.54, 1.807) is 0 Å². The molecule has 22 heavy (non-hydrogen) atoms. The molecule has 2 aromatic carbocycles. The third-order valence-electron chi connectivity index (χ3n) is 3.91. The van der Waals surface area contributed by atoms with Gasteiger partial charge in [0.15, 0.2) is 0 Å². The fourth-order valence-electron chi connectivity index (χ4n) is 2.38. The minimum Gasteiger partial charge on any atom is -0.337 e. The lowest BCUT2D eigenvalue weighted by molar-refractivity contribution is 0.0902. The highest BCUT2D eigenvalue weighted by molar-refractivity contribution is 6.07. The third kappa shape index (κ3) is 2.65. The highest BCUT2D eigenvalue weighted by Gasteiger charge is 2.15. The molecule has 1 aromatic heterocycles. The summed E-state index contributed by atoms with van der Waals surface area (Å²) in [6.07, 6.45) is -0.0387. The summed E-state index contributed by atoms with van der Waals surface area (Å²) in [6.45, 7) is 1.95. The molecule has 0 fully saturated rings. The molecule has 3 rings (SSSR count). The fraction of sp³-hybridized carbons (Fsp3) is 0.222. The molecule has 0 saturated carbocycles. The molecule has 1 amide bonds. The lowest BCUT2D eigenvalue weighted by Gasteiger charge is -2.21. The molecule has 1 atom stereocenters. The standard InChI is InChI=1S/C18H19N3O/c1-12(21(2)3)19-18(22)15-9-6-8-14-11-13-7-4-5-10-16(13)20-17(14)15/h4-12H,1-3H3,(H,19,22). The molecule has 0 spiro atoms. The van der Waals surface area contributed by atoms with Crippen LogP contribution in [0.1, 0.15) is 17.3 Å². The Kier molecular flexibility index (Phi) is 3.77. The van der Waals surface area contributed by atoms with E-state index in [0.29, 0.717) is 5.56 Å². The summed E-state index contributed by atoms with van der Waals surface area (Å²) in [7, 11) is 3.86. The molecular formula is C18H19N3O. The molecule has 4 nitrogen and oxygen atoms in total. The van der Waals surface area contributed by atoms with E-state index in [1.807, 2.05) is 68.4 Å². The lowest BCUT2D eigenvalue weighted by Crippen LogP contribution is -2.42. The second-order valence-electron chi connectivity index (χ2n) is 5.67. The maximum absolute atomic E-state index is 12.5. The molecule has 0 aliphatic heterocycles. The van der Waals surface area contributed by atoms with Crippen LogP contribution in [0.4, 0.5) is 0 Å². The number of benzene rings is 2. The predicted molar refractivity (Wildman–Crippen MR) is 89.9 cm³/mol. The van der Waals surface area contributed by atoms with Crippen molar-refractivity contribution in [2.75, 3.05) is 14.1 Å². The monoisotopic (exact) mass is 293 g/mol. The van der Waals surface area contributed by atoms with Crippen molar-refractivity contribution in [2.24, 2.45) is 0 Å². The Morgan fingerprint density at radius 1 is 1.09 bits per heavy atom. The number of aromatic nitrogens is 1. The van der Waals surface area contributed by atoms with E-state index in [9.17, 15) is 4.79 Å². The zero-order chi connectivity index (χ0) is 15.7. The number of carbonyl (C=O) groups excluding carboxylic acids is 1. The SMILES string of the molecule is CC(NC(=O)c1cccc2cc3ccccc3nc12)N(C)C. The van der Waals surface area contributed by atoms with Gasteiger partial charge in [0.1, 0.15) is 0 Å². The summed E-state index contributed by atoms with van der Waals surface area (Å²) in [4.78, 5) is 19.2. The highest BCUT2D eigenvalue weighted by Crippen LogP contribution is 2.22. The summed E-state index contributed by atoms with van der Waals surface area (Å²) < 4.78 is 0. The second-order valence-corrected chi connectivity index (χ2v) is 5.67. The van der Waals surface area contributed by atoms with Gasteiger partial charge in [0, 0.05) is 10.8 Å². The Morgan fingerprint density at radius 2 is 1.82 bits per heavy atom. The molecule has 0 bridgehead atoms. The Hall–Kier alpha value is -2.46. The van der Waals surface area contributed by atoms with E-state index in [0.717, 1.165) is 21.8 Å². The van der Waals surface area contributed by atoms with Crippen LogP contribution < -0.4 is 5.32 Å². The summed E-state index contributed by atoms with van der Waals surface area (Å²) in [5, 5.41) is 5.04. The molecule has 3 aromatic rings. The minimum absolute atomic E-state index is 0.0387. The highest BCUT2D eigenvalue weighted by atomic mass is 16.1. The van der Waals surface area contributed by atoms with Gasteiger partial charge in [-0.25, -0.2) is 4.98 Å². The van der Waals surface area contributed by atoms with E-state index < -0.39 is 0 Å². The number of nitrogens with zero attached hydrogens (tertiary/aromatic N) is 2. The number of hydrogen-bond acceptors (Lipinski definition) is 3. The second kappa shape index (κ2) is 5.73. The van der Waals surface area contributed by atoms with E-state index in [4.69, 9.17) is 0 Å². The van der Waals surface area contributed by atoms with E-state index in [1.165, 1.54) is 0 Å². The molecule has 112 valence electrons. The predicted octanol–water partition coefficient (Wildman–Crippen LogP) is 3.03. The Morgan fingerprint density at radius 3 is 2.59 bits per heavy atom. The van der Waals surface area contributed by atoms with Gasteiger partial charge in [0.25, 0.3) is 5.91 Å². The number of nitrogens with one attached hydrogen (secondary N) is 1. The van der Waals surface area contributed by atoms with Crippen LogP contribution in [0.3, 0.4) is 0 Å². The van der Waals surface area contributed by atoms with Crippen molar-refractivity contribution in [2.45, 2.75) is 13.1 Å². The molecule has 1 heterocycles. The molecule has 0 radical (unpaired) electrons. The maximum Gasteiger partial charge on any atom is 0.254 e. The van der Waals surface area contributed by atoms with Gasteiger partial charge in [-0.15, -0.1) is 0 Å². The number of para-hydroxylation sites is 2. The van der Waals surface area contributed by atoms with Gasteiger partial charge < -0.3 is 5.32 Å². The number of fused-ring (bicyclic) bond motifs is 2. The third-order valence-corrected chi connectivity index (χ3v) is 3.91. The summed E-state index contributed by atoms with van der Waals surface area (Å²) in [6, 6.07) is 15.7. The topological polar surface area (TPSA) is 45.2 Å². The van der Waals surface area contributed by atoms with Gasteiger partial charge in [0.05, 0.1) is 22.8 Å².